The first-order valence-electron chi connectivity index (χ1n) is 10.4. The molecule has 5 heterocycles. The third-order valence-electron chi connectivity index (χ3n) is 6.74. The maximum Gasteiger partial charge on any atom is 0.285 e. The van der Waals surface area contributed by atoms with E-state index in [4.69, 9.17) is 0 Å². The molecule has 3 aliphatic rings. The van der Waals surface area contributed by atoms with Crippen molar-refractivity contribution in [1.29, 1.82) is 0 Å². The minimum Gasteiger partial charge on any atom is -0.350 e. The second-order valence-corrected chi connectivity index (χ2v) is 8.56. The summed E-state index contributed by atoms with van der Waals surface area (Å²) in [7, 11) is 0. The molecular formula is C20H26N6O3. The lowest BCUT2D eigenvalue weighted by Gasteiger charge is -2.54. The summed E-state index contributed by atoms with van der Waals surface area (Å²) in [5, 5.41) is 9.31. The number of H-pyrrole nitrogens is 1. The zero-order valence-electron chi connectivity index (χ0n) is 16.5. The van der Waals surface area contributed by atoms with Gasteiger partial charge in [0.05, 0.1) is 6.04 Å². The van der Waals surface area contributed by atoms with Crippen LogP contribution < -0.4 is 16.2 Å². The van der Waals surface area contributed by atoms with Crippen LogP contribution in [0.25, 0.3) is 5.65 Å². The monoisotopic (exact) mass is 398 g/mol. The Morgan fingerprint density at radius 3 is 3.00 bits per heavy atom. The van der Waals surface area contributed by atoms with Crippen LogP contribution in [-0.2, 0) is 4.79 Å². The molecule has 2 aromatic rings. The van der Waals surface area contributed by atoms with Crippen LogP contribution >= 0.6 is 0 Å². The van der Waals surface area contributed by atoms with Gasteiger partial charge in [-0.2, -0.15) is 0 Å². The van der Waals surface area contributed by atoms with Crippen molar-refractivity contribution in [2.45, 2.75) is 44.7 Å². The molecule has 0 spiro atoms. The summed E-state index contributed by atoms with van der Waals surface area (Å²) in [6.07, 6.45) is 4.97. The number of carbonyl (C=O) groups is 2. The predicted octanol–water partition coefficient (Wildman–Crippen LogP) is 0.0498. The van der Waals surface area contributed by atoms with E-state index in [1.54, 1.807) is 6.07 Å². The van der Waals surface area contributed by atoms with Gasteiger partial charge in [-0.25, -0.2) is 9.50 Å². The molecule has 3 saturated heterocycles. The van der Waals surface area contributed by atoms with Crippen LogP contribution in [0, 0.1) is 18.8 Å². The summed E-state index contributed by atoms with van der Waals surface area (Å²) in [6, 6.07) is 1.97. The van der Waals surface area contributed by atoms with Gasteiger partial charge < -0.3 is 15.5 Å². The number of amides is 2. The third-order valence-corrected chi connectivity index (χ3v) is 6.74. The SMILES string of the molecule is Cc1cc2ncc(C(=O)NC[C@H]3[C@@H]4CNC[C@@H](C4)[C@@H]4CCCC(=O)N43)c(=O)n2[nH]1. The Morgan fingerprint density at radius 1 is 1.31 bits per heavy atom. The molecule has 0 unspecified atom stereocenters. The predicted molar refractivity (Wildman–Crippen MR) is 106 cm³/mol. The van der Waals surface area contributed by atoms with E-state index in [0.29, 0.717) is 30.4 Å². The van der Waals surface area contributed by atoms with Crippen LogP contribution in [0.2, 0.25) is 0 Å². The normalized spacial score (nSPS) is 29.0. The molecular weight excluding hydrogens is 372 g/mol. The number of fused-ring (bicyclic) bond motifs is 5. The first-order chi connectivity index (χ1) is 14.0. The standard InChI is InChI=1S/C20H26N6O3/c1-11-5-17-22-9-14(20(29)26(17)24-11)19(28)23-10-16-13-6-12(7-21-8-13)15-3-2-4-18(27)25(15)16/h5,9,12-13,15-16,21,24H,2-4,6-8,10H2,1H3,(H,23,28)/t12-,13+,15+,16+/m1/s1. The van der Waals surface area contributed by atoms with Crippen LogP contribution in [0.4, 0.5) is 0 Å². The number of aromatic nitrogens is 3. The topological polar surface area (TPSA) is 112 Å². The average Bonchev–Trinajstić information content (AvgIpc) is 3.10. The van der Waals surface area contributed by atoms with Crippen molar-refractivity contribution in [2.24, 2.45) is 11.8 Å². The van der Waals surface area contributed by atoms with Crippen molar-refractivity contribution >= 4 is 17.5 Å². The number of aryl methyl sites for hydroxylation is 1. The molecule has 9 heteroatoms. The van der Waals surface area contributed by atoms with Crippen molar-refractivity contribution in [2.75, 3.05) is 19.6 Å². The number of nitrogens with zero attached hydrogens (tertiary/aromatic N) is 3. The van der Waals surface area contributed by atoms with Gasteiger partial charge in [-0.1, -0.05) is 0 Å². The smallest absolute Gasteiger partial charge is 0.285 e. The van der Waals surface area contributed by atoms with E-state index in [1.807, 2.05) is 11.8 Å². The number of rotatable bonds is 3. The fraction of sp³-hybridized carbons (Fsp3) is 0.600. The maximum atomic E-state index is 12.8. The van der Waals surface area contributed by atoms with Gasteiger partial charge in [-0.3, -0.25) is 19.5 Å². The summed E-state index contributed by atoms with van der Waals surface area (Å²) >= 11 is 0. The quantitative estimate of drug-likeness (QED) is 0.677. The Hall–Kier alpha value is -2.68. The van der Waals surface area contributed by atoms with Gasteiger partial charge in [0.15, 0.2) is 5.65 Å². The molecule has 4 atom stereocenters. The van der Waals surface area contributed by atoms with Crippen molar-refractivity contribution in [3.05, 3.63) is 33.9 Å². The van der Waals surface area contributed by atoms with Gasteiger partial charge in [0.25, 0.3) is 11.5 Å². The van der Waals surface area contributed by atoms with E-state index >= 15 is 0 Å². The Balaban J connectivity index is 1.37. The Kier molecular flexibility index (Phi) is 4.42. The fourth-order valence-corrected chi connectivity index (χ4v) is 5.43. The third kappa shape index (κ3) is 3.04. The Morgan fingerprint density at radius 2 is 2.14 bits per heavy atom. The molecule has 29 heavy (non-hydrogen) atoms. The molecule has 2 aromatic heterocycles. The zero-order chi connectivity index (χ0) is 20.1. The van der Waals surface area contributed by atoms with Crippen LogP contribution in [0.5, 0.6) is 0 Å². The lowest BCUT2D eigenvalue weighted by molar-refractivity contribution is -0.148. The number of hydrogen-bond acceptors (Lipinski definition) is 5. The zero-order valence-corrected chi connectivity index (χ0v) is 16.5. The van der Waals surface area contributed by atoms with Gasteiger partial charge in [-0.05, 0) is 44.6 Å². The highest BCUT2D eigenvalue weighted by atomic mass is 16.2. The molecule has 0 radical (unpaired) electrons. The van der Waals surface area contributed by atoms with E-state index in [9.17, 15) is 14.4 Å². The van der Waals surface area contributed by atoms with Gasteiger partial charge in [0.2, 0.25) is 5.91 Å². The molecule has 2 amide bonds. The van der Waals surface area contributed by atoms with Crippen LogP contribution in [-0.4, -0.2) is 63.0 Å². The van der Waals surface area contributed by atoms with E-state index in [1.165, 1.54) is 10.7 Å². The van der Waals surface area contributed by atoms with E-state index in [-0.39, 0.29) is 23.6 Å². The summed E-state index contributed by atoms with van der Waals surface area (Å²) in [5.74, 6) is 0.565. The van der Waals surface area contributed by atoms with Gasteiger partial charge in [-0.15, -0.1) is 0 Å². The van der Waals surface area contributed by atoms with Crippen LogP contribution in [0.15, 0.2) is 17.1 Å². The first-order valence-corrected chi connectivity index (χ1v) is 10.4. The average molecular weight is 398 g/mol. The number of hydrogen-bond donors (Lipinski definition) is 3. The molecule has 3 aliphatic heterocycles. The minimum atomic E-state index is -0.448. The minimum absolute atomic E-state index is 0.00123. The fourth-order valence-electron chi connectivity index (χ4n) is 5.43. The summed E-state index contributed by atoms with van der Waals surface area (Å²) in [5.41, 5.74) is 0.859. The van der Waals surface area contributed by atoms with Crippen molar-refractivity contribution < 1.29 is 9.59 Å². The molecule has 154 valence electrons. The number of carbonyl (C=O) groups excluding carboxylic acids is 2. The van der Waals surface area contributed by atoms with Gasteiger partial charge in [0, 0.05) is 43.5 Å². The van der Waals surface area contributed by atoms with E-state index in [2.05, 4.69) is 20.7 Å². The molecule has 3 N–H and O–H groups in total. The highest BCUT2D eigenvalue weighted by Crippen LogP contribution is 2.39. The lowest BCUT2D eigenvalue weighted by atomic mass is 9.72. The Bertz CT molecular complexity index is 1030. The van der Waals surface area contributed by atoms with Crippen molar-refractivity contribution in [3.63, 3.8) is 0 Å². The molecule has 2 bridgehead atoms. The molecule has 9 nitrogen and oxygen atoms in total. The largest absolute Gasteiger partial charge is 0.350 e. The Labute approximate surface area is 167 Å². The van der Waals surface area contributed by atoms with E-state index in [0.717, 1.165) is 38.0 Å². The van der Waals surface area contributed by atoms with E-state index < -0.39 is 11.5 Å². The van der Waals surface area contributed by atoms with Gasteiger partial charge >= 0.3 is 0 Å². The second kappa shape index (κ2) is 6.98. The molecule has 0 aromatic carbocycles. The highest BCUT2D eigenvalue weighted by Gasteiger charge is 2.47. The summed E-state index contributed by atoms with van der Waals surface area (Å²) in [6.45, 7) is 3.99. The summed E-state index contributed by atoms with van der Waals surface area (Å²) in [4.78, 5) is 44.4. The number of aromatic amines is 1. The molecule has 0 saturated carbocycles. The second-order valence-electron chi connectivity index (χ2n) is 8.56. The first kappa shape index (κ1) is 18.4. The van der Waals surface area contributed by atoms with Gasteiger partial charge in [0.1, 0.15) is 5.56 Å². The molecule has 5 rings (SSSR count). The molecule has 3 fully saturated rings. The number of nitrogens with one attached hydrogen (secondary N) is 3. The highest BCUT2D eigenvalue weighted by molar-refractivity contribution is 5.93. The van der Waals surface area contributed by atoms with Crippen LogP contribution in [0.3, 0.4) is 0 Å². The number of piperidine rings is 3. The summed E-state index contributed by atoms with van der Waals surface area (Å²) < 4.78 is 1.28. The van der Waals surface area contributed by atoms with Crippen molar-refractivity contribution in [3.8, 4) is 0 Å². The van der Waals surface area contributed by atoms with Crippen molar-refractivity contribution in [1.82, 2.24) is 30.1 Å². The lowest BCUT2D eigenvalue weighted by Crippen LogP contribution is -2.66. The van der Waals surface area contributed by atoms with Crippen LogP contribution in [0.1, 0.15) is 41.7 Å². The molecule has 0 aliphatic carbocycles. The maximum absolute atomic E-state index is 12.8.